The number of hydrogen-bond acceptors (Lipinski definition) is 2. The van der Waals surface area contributed by atoms with Gasteiger partial charge < -0.3 is 4.90 Å². The van der Waals surface area contributed by atoms with E-state index in [1.807, 2.05) is 0 Å². The van der Waals surface area contributed by atoms with Gasteiger partial charge in [-0.2, -0.15) is 0 Å². The van der Waals surface area contributed by atoms with Crippen molar-refractivity contribution >= 4 is 12.0 Å². The number of hydrogen-bond donors (Lipinski definition) is 0. The minimum absolute atomic E-state index is 0.280. The van der Waals surface area contributed by atoms with Gasteiger partial charge in [0.05, 0.1) is 5.69 Å². The van der Waals surface area contributed by atoms with Crippen LogP contribution in [0.15, 0.2) is 18.2 Å². The van der Waals surface area contributed by atoms with Gasteiger partial charge in [0.25, 0.3) is 0 Å². The summed E-state index contributed by atoms with van der Waals surface area (Å²) in [5, 5.41) is 0. The summed E-state index contributed by atoms with van der Waals surface area (Å²) in [5.74, 6) is -0.280. The van der Waals surface area contributed by atoms with E-state index in [0.717, 1.165) is 37.9 Å². The van der Waals surface area contributed by atoms with E-state index in [4.69, 9.17) is 0 Å². The first-order valence-corrected chi connectivity index (χ1v) is 4.81. The summed E-state index contributed by atoms with van der Waals surface area (Å²) in [6.45, 7) is 1.84. The highest BCUT2D eigenvalue weighted by molar-refractivity contribution is 5.84. The van der Waals surface area contributed by atoms with Crippen molar-refractivity contribution in [3.05, 3.63) is 29.6 Å². The van der Waals surface area contributed by atoms with Crippen molar-refractivity contribution in [2.45, 2.75) is 12.8 Å². The Bertz CT molecular complexity index is 345. The third kappa shape index (κ3) is 1.62. The smallest absolute Gasteiger partial charge is 0.152 e. The van der Waals surface area contributed by atoms with E-state index in [2.05, 4.69) is 4.90 Å². The molecular weight excluding hydrogens is 181 g/mol. The van der Waals surface area contributed by atoms with Gasteiger partial charge in [-0.25, -0.2) is 4.39 Å². The average Bonchev–Trinajstić information content (AvgIpc) is 2.70. The van der Waals surface area contributed by atoms with Crippen LogP contribution in [0.4, 0.5) is 10.1 Å². The van der Waals surface area contributed by atoms with Crippen LogP contribution in [0.1, 0.15) is 23.2 Å². The number of benzene rings is 1. The molecule has 74 valence electrons. The average molecular weight is 193 g/mol. The first-order chi connectivity index (χ1) is 6.81. The maximum Gasteiger partial charge on any atom is 0.152 e. The van der Waals surface area contributed by atoms with E-state index in [-0.39, 0.29) is 5.82 Å². The Kier molecular flexibility index (Phi) is 2.48. The second-order valence-corrected chi connectivity index (χ2v) is 3.52. The predicted octanol–water partition coefficient (Wildman–Crippen LogP) is 2.24. The lowest BCUT2D eigenvalue weighted by Crippen LogP contribution is -2.19. The van der Waals surface area contributed by atoms with Crippen LogP contribution in [0, 0.1) is 5.82 Å². The summed E-state index contributed by atoms with van der Waals surface area (Å²) in [4.78, 5) is 12.8. The molecule has 14 heavy (non-hydrogen) atoms. The SMILES string of the molecule is O=Cc1ccc(F)cc1N1CCCC1. The number of carbonyl (C=O) groups is 1. The van der Waals surface area contributed by atoms with Crippen LogP contribution < -0.4 is 4.90 Å². The molecule has 1 aliphatic rings. The van der Waals surface area contributed by atoms with Crippen molar-refractivity contribution in [3.8, 4) is 0 Å². The first-order valence-electron chi connectivity index (χ1n) is 4.81. The van der Waals surface area contributed by atoms with Crippen molar-refractivity contribution in [2.75, 3.05) is 18.0 Å². The number of halogens is 1. The molecule has 1 fully saturated rings. The fourth-order valence-electron chi connectivity index (χ4n) is 1.85. The van der Waals surface area contributed by atoms with E-state index in [9.17, 15) is 9.18 Å². The normalized spacial score (nSPS) is 15.9. The summed E-state index contributed by atoms with van der Waals surface area (Å²) >= 11 is 0. The molecule has 0 amide bonds. The second kappa shape index (κ2) is 3.78. The Balaban J connectivity index is 2.37. The second-order valence-electron chi connectivity index (χ2n) is 3.52. The van der Waals surface area contributed by atoms with Gasteiger partial charge in [-0.3, -0.25) is 4.79 Å². The fraction of sp³-hybridized carbons (Fsp3) is 0.364. The van der Waals surface area contributed by atoms with Gasteiger partial charge in [-0.05, 0) is 31.0 Å². The molecule has 0 aromatic heterocycles. The van der Waals surface area contributed by atoms with Gasteiger partial charge in [0, 0.05) is 18.7 Å². The van der Waals surface area contributed by atoms with Gasteiger partial charge >= 0.3 is 0 Å². The van der Waals surface area contributed by atoms with E-state index in [1.54, 1.807) is 0 Å². The van der Waals surface area contributed by atoms with Crippen LogP contribution in [-0.4, -0.2) is 19.4 Å². The molecule has 1 aromatic rings. The van der Waals surface area contributed by atoms with E-state index in [1.165, 1.54) is 18.2 Å². The van der Waals surface area contributed by atoms with Gasteiger partial charge in [0.2, 0.25) is 0 Å². The van der Waals surface area contributed by atoms with E-state index < -0.39 is 0 Å². The van der Waals surface area contributed by atoms with Gasteiger partial charge in [-0.1, -0.05) is 0 Å². The molecule has 0 N–H and O–H groups in total. The molecule has 0 aliphatic carbocycles. The summed E-state index contributed by atoms with van der Waals surface area (Å²) in [6, 6.07) is 4.30. The molecule has 0 radical (unpaired) electrons. The zero-order valence-corrected chi connectivity index (χ0v) is 7.87. The number of nitrogens with zero attached hydrogens (tertiary/aromatic N) is 1. The molecule has 1 aliphatic heterocycles. The minimum Gasteiger partial charge on any atom is -0.371 e. The van der Waals surface area contributed by atoms with Crippen LogP contribution in [0.25, 0.3) is 0 Å². The van der Waals surface area contributed by atoms with Gasteiger partial charge in [0.15, 0.2) is 6.29 Å². The quantitative estimate of drug-likeness (QED) is 0.671. The first kappa shape index (κ1) is 9.19. The standard InChI is InChI=1S/C11H12FNO/c12-10-4-3-9(8-14)11(7-10)13-5-1-2-6-13/h3-4,7-8H,1-2,5-6H2. The third-order valence-electron chi connectivity index (χ3n) is 2.57. The lowest BCUT2D eigenvalue weighted by Gasteiger charge is -2.19. The summed E-state index contributed by atoms with van der Waals surface area (Å²) in [6.07, 6.45) is 3.02. The van der Waals surface area contributed by atoms with Crippen LogP contribution in [0.5, 0.6) is 0 Å². The zero-order chi connectivity index (χ0) is 9.97. The van der Waals surface area contributed by atoms with E-state index in [0.29, 0.717) is 5.56 Å². The minimum atomic E-state index is -0.280. The molecule has 0 saturated carbocycles. The van der Waals surface area contributed by atoms with Crippen molar-refractivity contribution in [1.29, 1.82) is 0 Å². The van der Waals surface area contributed by atoms with Crippen molar-refractivity contribution < 1.29 is 9.18 Å². The Morgan fingerprint density at radius 1 is 1.29 bits per heavy atom. The lowest BCUT2D eigenvalue weighted by molar-refractivity contribution is 0.112. The fourth-order valence-corrected chi connectivity index (χ4v) is 1.85. The largest absolute Gasteiger partial charge is 0.371 e. The topological polar surface area (TPSA) is 20.3 Å². The number of rotatable bonds is 2. The predicted molar refractivity (Wildman–Crippen MR) is 53.2 cm³/mol. The molecule has 0 unspecified atom stereocenters. The maximum absolute atomic E-state index is 13.0. The van der Waals surface area contributed by atoms with Gasteiger partial charge in [-0.15, -0.1) is 0 Å². The molecule has 3 heteroatoms. The Morgan fingerprint density at radius 2 is 2.00 bits per heavy atom. The van der Waals surface area contributed by atoms with Crippen LogP contribution >= 0.6 is 0 Å². The van der Waals surface area contributed by atoms with Crippen molar-refractivity contribution in [1.82, 2.24) is 0 Å². The highest BCUT2D eigenvalue weighted by Gasteiger charge is 2.15. The van der Waals surface area contributed by atoms with E-state index >= 15 is 0 Å². The number of anilines is 1. The maximum atomic E-state index is 13.0. The molecule has 1 heterocycles. The number of carbonyl (C=O) groups excluding carboxylic acids is 1. The Labute approximate surface area is 82.3 Å². The summed E-state index contributed by atoms with van der Waals surface area (Å²) in [5.41, 5.74) is 1.31. The molecule has 1 aromatic carbocycles. The molecule has 2 rings (SSSR count). The highest BCUT2D eigenvalue weighted by atomic mass is 19.1. The lowest BCUT2D eigenvalue weighted by atomic mass is 10.2. The van der Waals surface area contributed by atoms with Crippen LogP contribution in [-0.2, 0) is 0 Å². The molecule has 1 saturated heterocycles. The summed E-state index contributed by atoms with van der Waals surface area (Å²) < 4.78 is 13.0. The zero-order valence-electron chi connectivity index (χ0n) is 7.87. The highest BCUT2D eigenvalue weighted by Crippen LogP contribution is 2.24. The van der Waals surface area contributed by atoms with Crippen LogP contribution in [0.2, 0.25) is 0 Å². The Hall–Kier alpha value is -1.38. The molecule has 0 bridgehead atoms. The van der Waals surface area contributed by atoms with Gasteiger partial charge in [0.1, 0.15) is 5.82 Å². The molecule has 2 nitrogen and oxygen atoms in total. The number of aldehydes is 1. The molecular formula is C11H12FNO. The van der Waals surface area contributed by atoms with Crippen molar-refractivity contribution in [3.63, 3.8) is 0 Å². The van der Waals surface area contributed by atoms with Crippen molar-refractivity contribution in [2.24, 2.45) is 0 Å². The molecule has 0 spiro atoms. The summed E-state index contributed by atoms with van der Waals surface area (Å²) in [7, 11) is 0. The monoisotopic (exact) mass is 193 g/mol. The molecule has 0 atom stereocenters. The third-order valence-corrected chi connectivity index (χ3v) is 2.57. The van der Waals surface area contributed by atoms with Crippen LogP contribution in [0.3, 0.4) is 0 Å². The Morgan fingerprint density at radius 3 is 2.64 bits per heavy atom.